The van der Waals surface area contributed by atoms with Gasteiger partial charge in [-0.3, -0.25) is 0 Å². The molecule has 0 spiro atoms. The summed E-state index contributed by atoms with van der Waals surface area (Å²) >= 11 is 0. The predicted molar refractivity (Wildman–Crippen MR) is 66.1 cm³/mol. The zero-order valence-electron chi connectivity index (χ0n) is 10.8. The van der Waals surface area contributed by atoms with E-state index in [0.29, 0.717) is 11.1 Å². The summed E-state index contributed by atoms with van der Waals surface area (Å²) in [5.41, 5.74) is -0.579. The van der Waals surface area contributed by atoms with Crippen molar-refractivity contribution >= 4 is 16.9 Å². The van der Waals surface area contributed by atoms with Gasteiger partial charge in [-0.15, -0.1) is 0 Å². The van der Waals surface area contributed by atoms with E-state index in [1.165, 1.54) is 6.07 Å². The minimum absolute atomic E-state index is 0.143. The van der Waals surface area contributed by atoms with Gasteiger partial charge in [0.25, 0.3) is 0 Å². The van der Waals surface area contributed by atoms with Crippen LogP contribution in [0.5, 0.6) is 0 Å². The molecule has 0 atom stereocenters. The van der Waals surface area contributed by atoms with E-state index < -0.39 is 17.4 Å². The van der Waals surface area contributed by atoms with Crippen LogP contribution in [0.4, 0.5) is 4.39 Å². The zero-order valence-corrected chi connectivity index (χ0v) is 10.8. The van der Waals surface area contributed by atoms with E-state index in [4.69, 9.17) is 9.15 Å². The first-order valence-corrected chi connectivity index (χ1v) is 5.70. The Labute approximate surface area is 105 Å². The monoisotopic (exact) mass is 250 g/mol. The van der Waals surface area contributed by atoms with Gasteiger partial charge in [0.15, 0.2) is 5.58 Å². The van der Waals surface area contributed by atoms with Gasteiger partial charge in [0.2, 0.25) is 0 Å². The third-order valence-electron chi connectivity index (χ3n) is 2.36. The highest BCUT2D eigenvalue weighted by Gasteiger charge is 2.24. The highest BCUT2D eigenvalue weighted by molar-refractivity contribution is 6.02. The number of furan rings is 1. The lowest BCUT2D eigenvalue weighted by atomic mass is 10.1. The average Bonchev–Trinajstić information content (AvgIpc) is 2.54. The molecule has 2 aromatic rings. The summed E-state index contributed by atoms with van der Waals surface area (Å²) in [5, 5.41) is 0.690. The Hall–Kier alpha value is -1.84. The molecule has 0 aliphatic carbocycles. The summed E-state index contributed by atoms with van der Waals surface area (Å²) in [6, 6.07) is 4.58. The normalized spacial score (nSPS) is 11.8. The van der Waals surface area contributed by atoms with Crippen LogP contribution in [0.1, 0.15) is 36.9 Å². The van der Waals surface area contributed by atoms with Crippen LogP contribution >= 0.6 is 0 Å². The van der Waals surface area contributed by atoms with Gasteiger partial charge in [0, 0.05) is 5.39 Å². The molecular weight excluding hydrogens is 235 g/mol. The third-order valence-corrected chi connectivity index (χ3v) is 2.36. The Morgan fingerprint density at radius 1 is 1.33 bits per heavy atom. The van der Waals surface area contributed by atoms with Gasteiger partial charge in [-0.1, -0.05) is 0 Å². The van der Waals surface area contributed by atoms with Crippen molar-refractivity contribution in [3.63, 3.8) is 0 Å². The zero-order chi connectivity index (χ0) is 13.5. The number of fused-ring (bicyclic) bond motifs is 1. The topological polar surface area (TPSA) is 39.4 Å². The minimum Gasteiger partial charge on any atom is -0.460 e. The molecule has 3 nitrogen and oxygen atoms in total. The predicted octanol–water partition coefficient (Wildman–Crippen LogP) is 3.84. The SMILES string of the molecule is Cc1cc2ccc(F)c(C(=O)OC(C)(C)C)c2o1. The molecule has 0 bridgehead atoms. The highest BCUT2D eigenvalue weighted by atomic mass is 19.1. The van der Waals surface area contributed by atoms with Gasteiger partial charge < -0.3 is 9.15 Å². The van der Waals surface area contributed by atoms with Crippen molar-refractivity contribution in [2.24, 2.45) is 0 Å². The molecule has 2 rings (SSSR count). The molecule has 0 amide bonds. The van der Waals surface area contributed by atoms with Crippen LogP contribution < -0.4 is 0 Å². The van der Waals surface area contributed by atoms with Crippen LogP contribution in [-0.2, 0) is 4.74 Å². The Morgan fingerprint density at radius 3 is 2.61 bits per heavy atom. The number of hydrogen-bond donors (Lipinski definition) is 0. The lowest BCUT2D eigenvalue weighted by Gasteiger charge is -2.19. The molecule has 0 aliphatic heterocycles. The molecule has 0 saturated carbocycles. The molecule has 0 aliphatic rings. The minimum atomic E-state index is -0.708. The number of rotatable bonds is 1. The molecule has 1 aromatic heterocycles. The van der Waals surface area contributed by atoms with Crippen LogP contribution in [-0.4, -0.2) is 11.6 Å². The fraction of sp³-hybridized carbons (Fsp3) is 0.357. The summed E-state index contributed by atoms with van der Waals surface area (Å²) in [5.74, 6) is -0.716. The largest absolute Gasteiger partial charge is 0.460 e. The maximum absolute atomic E-state index is 13.8. The second-order valence-electron chi connectivity index (χ2n) is 5.20. The maximum Gasteiger partial charge on any atom is 0.345 e. The molecule has 18 heavy (non-hydrogen) atoms. The molecule has 4 heteroatoms. The summed E-state index contributed by atoms with van der Waals surface area (Å²) in [6.07, 6.45) is 0. The lowest BCUT2D eigenvalue weighted by molar-refractivity contribution is 0.00660. The maximum atomic E-state index is 13.8. The Morgan fingerprint density at radius 2 is 2.00 bits per heavy atom. The van der Waals surface area contributed by atoms with Gasteiger partial charge in [0.1, 0.15) is 22.7 Å². The van der Waals surface area contributed by atoms with Crippen LogP contribution in [0.15, 0.2) is 22.6 Å². The highest BCUT2D eigenvalue weighted by Crippen LogP contribution is 2.26. The second kappa shape index (κ2) is 4.12. The molecule has 1 aromatic carbocycles. The summed E-state index contributed by atoms with van der Waals surface area (Å²) in [4.78, 5) is 12.0. The average molecular weight is 250 g/mol. The van der Waals surface area contributed by atoms with Crippen LogP contribution in [0.25, 0.3) is 11.0 Å². The van der Waals surface area contributed by atoms with Crippen LogP contribution in [0, 0.1) is 12.7 Å². The number of benzene rings is 1. The van der Waals surface area contributed by atoms with Gasteiger partial charge in [-0.2, -0.15) is 0 Å². The van der Waals surface area contributed by atoms with Gasteiger partial charge in [-0.05, 0) is 45.9 Å². The third kappa shape index (κ3) is 2.37. The van der Waals surface area contributed by atoms with Crippen molar-refractivity contribution in [1.29, 1.82) is 0 Å². The van der Waals surface area contributed by atoms with E-state index in [1.54, 1.807) is 39.8 Å². The van der Waals surface area contributed by atoms with Crippen molar-refractivity contribution in [2.75, 3.05) is 0 Å². The number of halogens is 1. The van der Waals surface area contributed by atoms with E-state index in [2.05, 4.69) is 0 Å². The van der Waals surface area contributed by atoms with Crippen molar-refractivity contribution < 1.29 is 18.3 Å². The molecule has 96 valence electrons. The van der Waals surface area contributed by atoms with Crippen molar-refractivity contribution in [1.82, 2.24) is 0 Å². The number of aryl methyl sites for hydroxylation is 1. The Bertz CT molecular complexity index is 605. The first kappa shape index (κ1) is 12.6. The van der Waals surface area contributed by atoms with Gasteiger partial charge in [-0.25, -0.2) is 9.18 Å². The number of carbonyl (C=O) groups excluding carboxylic acids is 1. The Balaban J connectivity index is 2.55. The fourth-order valence-corrected chi connectivity index (χ4v) is 1.73. The molecule has 0 radical (unpaired) electrons. The van der Waals surface area contributed by atoms with Crippen molar-refractivity contribution in [2.45, 2.75) is 33.3 Å². The molecule has 0 unspecified atom stereocenters. The number of carbonyl (C=O) groups is 1. The van der Waals surface area contributed by atoms with Crippen LogP contribution in [0.3, 0.4) is 0 Å². The number of hydrogen-bond acceptors (Lipinski definition) is 3. The first-order valence-electron chi connectivity index (χ1n) is 5.70. The van der Waals surface area contributed by atoms with Crippen molar-refractivity contribution in [3.05, 3.63) is 35.3 Å². The molecule has 0 saturated heterocycles. The van der Waals surface area contributed by atoms with E-state index in [9.17, 15) is 9.18 Å². The molecule has 0 fully saturated rings. The molecule has 1 heterocycles. The standard InChI is InChI=1S/C14H15FO3/c1-8-7-9-5-6-10(15)11(12(9)17-8)13(16)18-14(2,3)4/h5-7H,1-4H3. The first-order chi connectivity index (χ1) is 8.28. The fourth-order valence-electron chi connectivity index (χ4n) is 1.73. The second-order valence-corrected chi connectivity index (χ2v) is 5.20. The van der Waals surface area contributed by atoms with Gasteiger partial charge in [0.05, 0.1) is 0 Å². The number of ether oxygens (including phenoxy) is 1. The van der Waals surface area contributed by atoms with E-state index in [-0.39, 0.29) is 11.1 Å². The molecule has 0 N–H and O–H groups in total. The van der Waals surface area contributed by atoms with Gasteiger partial charge >= 0.3 is 5.97 Å². The van der Waals surface area contributed by atoms with E-state index in [0.717, 1.165) is 0 Å². The Kier molecular flexibility index (Phi) is 2.89. The summed E-state index contributed by atoms with van der Waals surface area (Å²) in [6.45, 7) is 6.94. The lowest BCUT2D eigenvalue weighted by Crippen LogP contribution is -2.24. The molecular formula is C14H15FO3. The van der Waals surface area contributed by atoms with E-state index >= 15 is 0 Å². The quantitative estimate of drug-likeness (QED) is 0.722. The summed E-state index contributed by atoms with van der Waals surface area (Å²) in [7, 11) is 0. The smallest absolute Gasteiger partial charge is 0.345 e. The summed E-state index contributed by atoms with van der Waals surface area (Å²) < 4.78 is 24.4. The van der Waals surface area contributed by atoms with E-state index in [1.807, 2.05) is 0 Å². The number of esters is 1. The van der Waals surface area contributed by atoms with Crippen LogP contribution in [0.2, 0.25) is 0 Å². The van der Waals surface area contributed by atoms with Crippen molar-refractivity contribution in [3.8, 4) is 0 Å².